The fourth-order valence-electron chi connectivity index (χ4n) is 2.48. The van der Waals surface area contributed by atoms with Crippen LogP contribution in [0.25, 0.3) is 32.4 Å². The number of rotatable bonds is 1. The molecule has 5 heterocycles. The fraction of sp³-hybridized carbons (Fsp3) is 0. The van der Waals surface area contributed by atoms with Crippen LogP contribution in [-0.4, -0.2) is 34.4 Å². The zero-order valence-electron chi connectivity index (χ0n) is 11.6. The largest absolute Gasteiger partial charge is 0.463 e. The van der Waals surface area contributed by atoms with Gasteiger partial charge in [-0.05, 0) is 22.6 Å². The number of aromatic nitrogens is 7. The lowest BCUT2D eigenvalue weighted by atomic mass is 10.2. The Hall–Kier alpha value is -3.65. The molecule has 0 unspecified atom stereocenters. The second-order valence-corrected chi connectivity index (χ2v) is 5.77. The van der Waals surface area contributed by atoms with Crippen molar-refractivity contribution in [2.75, 3.05) is 0 Å². The molecule has 0 amide bonds. The van der Waals surface area contributed by atoms with Crippen molar-refractivity contribution < 1.29 is 4.42 Å². The molecule has 0 radical (unpaired) electrons. The molecular weight excluding hydrogens is 332 g/mol. The van der Waals surface area contributed by atoms with Crippen molar-refractivity contribution in [1.29, 1.82) is 5.26 Å². The summed E-state index contributed by atoms with van der Waals surface area (Å²) in [5.74, 6) is 0.353. The molecule has 0 saturated carbocycles. The molecule has 0 aliphatic rings. The van der Waals surface area contributed by atoms with Gasteiger partial charge in [0.15, 0.2) is 16.4 Å². The monoisotopic (exact) mass is 336 g/mol. The first-order valence-corrected chi connectivity index (χ1v) is 7.45. The quantitative estimate of drug-likeness (QED) is 0.441. The maximum atomic E-state index is 12.8. The van der Waals surface area contributed by atoms with Crippen LogP contribution in [0.2, 0.25) is 0 Å². The van der Waals surface area contributed by atoms with E-state index in [2.05, 4.69) is 25.5 Å². The summed E-state index contributed by atoms with van der Waals surface area (Å²) in [7, 11) is 0. The highest BCUT2D eigenvalue weighted by molar-refractivity contribution is 7.24. The number of tetrazole rings is 1. The van der Waals surface area contributed by atoms with Crippen LogP contribution in [0.15, 0.2) is 33.9 Å². The minimum Gasteiger partial charge on any atom is -0.463 e. The Bertz CT molecular complexity index is 1340. The molecule has 0 fully saturated rings. The van der Waals surface area contributed by atoms with Crippen molar-refractivity contribution in [3.05, 3.63) is 40.6 Å². The smallest absolute Gasteiger partial charge is 0.278 e. The SMILES string of the molecule is N#Cc1c(-c2ccco2)nc2sc3c4nnnn4cnc3n2c1=O. The maximum Gasteiger partial charge on any atom is 0.278 e. The Morgan fingerprint density at radius 2 is 2.25 bits per heavy atom. The normalized spacial score (nSPS) is 11.5. The molecular formula is C13H4N8O2S. The third-order valence-corrected chi connectivity index (χ3v) is 4.54. The van der Waals surface area contributed by atoms with Gasteiger partial charge in [-0.25, -0.2) is 14.4 Å². The molecule has 24 heavy (non-hydrogen) atoms. The lowest BCUT2D eigenvalue weighted by molar-refractivity contribution is 0.579. The van der Waals surface area contributed by atoms with Crippen molar-refractivity contribution in [2.45, 2.75) is 0 Å². The van der Waals surface area contributed by atoms with Gasteiger partial charge < -0.3 is 4.42 Å². The number of hydrogen-bond acceptors (Lipinski definition) is 9. The summed E-state index contributed by atoms with van der Waals surface area (Å²) in [5, 5.41) is 20.7. The van der Waals surface area contributed by atoms with Gasteiger partial charge in [-0.15, -0.1) is 5.10 Å². The van der Waals surface area contributed by atoms with E-state index in [0.717, 1.165) is 0 Å². The molecule has 0 atom stereocenters. The van der Waals surface area contributed by atoms with E-state index in [1.54, 1.807) is 12.1 Å². The van der Waals surface area contributed by atoms with Gasteiger partial charge in [0.2, 0.25) is 5.65 Å². The first-order chi connectivity index (χ1) is 11.8. The second-order valence-electron chi connectivity index (χ2n) is 4.79. The molecule has 5 aromatic heterocycles. The van der Waals surface area contributed by atoms with Crippen molar-refractivity contribution in [3.63, 3.8) is 0 Å². The Morgan fingerprint density at radius 1 is 1.33 bits per heavy atom. The van der Waals surface area contributed by atoms with Crippen LogP contribution in [0, 0.1) is 11.3 Å². The molecule has 0 aliphatic carbocycles. The van der Waals surface area contributed by atoms with E-state index < -0.39 is 5.56 Å². The van der Waals surface area contributed by atoms with Crippen molar-refractivity contribution in [3.8, 4) is 17.5 Å². The first kappa shape index (κ1) is 12.9. The average Bonchev–Trinajstić information content (AvgIpc) is 3.32. The predicted octanol–water partition coefficient (Wildman–Crippen LogP) is 0.874. The van der Waals surface area contributed by atoms with E-state index in [4.69, 9.17) is 4.42 Å². The van der Waals surface area contributed by atoms with E-state index >= 15 is 0 Å². The molecule has 0 bridgehead atoms. The summed E-state index contributed by atoms with van der Waals surface area (Å²) in [6, 6.07) is 5.22. The van der Waals surface area contributed by atoms with Crippen molar-refractivity contribution in [1.82, 2.24) is 34.4 Å². The van der Waals surface area contributed by atoms with Gasteiger partial charge in [-0.1, -0.05) is 11.3 Å². The van der Waals surface area contributed by atoms with Crippen LogP contribution in [0.1, 0.15) is 5.56 Å². The van der Waals surface area contributed by atoms with Crippen LogP contribution >= 0.6 is 11.3 Å². The highest BCUT2D eigenvalue weighted by Crippen LogP contribution is 2.28. The zero-order valence-corrected chi connectivity index (χ0v) is 12.4. The van der Waals surface area contributed by atoms with Gasteiger partial charge in [0.1, 0.15) is 28.4 Å². The molecule has 0 N–H and O–H groups in total. The Morgan fingerprint density at radius 3 is 3.04 bits per heavy atom. The van der Waals surface area contributed by atoms with Crippen LogP contribution < -0.4 is 5.56 Å². The second kappa shape index (κ2) is 4.43. The Labute approximate surface area is 135 Å². The lowest BCUT2D eigenvalue weighted by Crippen LogP contribution is -2.18. The third-order valence-electron chi connectivity index (χ3n) is 3.51. The summed E-state index contributed by atoms with van der Waals surface area (Å²) in [6.45, 7) is 0. The zero-order chi connectivity index (χ0) is 16.3. The molecule has 0 aromatic carbocycles. The summed E-state index contributed by atoms with van der Waals surface area (Å²) < 4.78 is 8.59. The fourth-order valence-corrected chi connectivity index (χ4v) is 3.52. The van der Waals surface area contributed by atoms with E-state index in [1.165, 1.54) is 32.8 Å². The Balaban J connectivity index is 2.01. The summed E-state index contributed by atoms with van der Waals surface area (Å²) in [4.78, 5) is 21.8. The van der Waals surface area contributed by atoms with Crippen LogP contribution in [-0.2, 0) is 0 Å². The standard InChI is InChI=1S/C13H4N8O2S/c14-4-6-8(7-2-1-3-23-7)16-13-21(12(6)22)10-9(24-13)11-17-18-19-20(11)5-15-10/h1-3,5H. The van der Waals surface area contributed by atoms with E-state index in [-0.39, 0.29) is 11.3 Å². The van der Waals surface area contributed by atoms with Gasteiger partial charge in [0.25, 0.3) is 5.56 Å². The number of furan rings is 1. The topological polar surface area (TPSA) is 127 Å². The van der Waals surface area contributed by atoms with Gasteiger partial charge in [0, 0.05) is 0 Å². The first-order valence-electron chi connectivity index (χ1n) is 6.64. The van der Waals surface area contributed by atoms with Crippen LogP contribution in [0.5, 0.6) is 0 Å². The van der Waals surface area contributed by atoms with E-state index in [9.17, 15) is 10.1 Å². The predicted molar refractivity (Wildman–Crippen MR) is 81.4 cm³/mol. The van der Waals surface area contributed by atoms with Gasteiger partial charge in [-0.3, -0.25) is 4.79 Å². The van der Waals surface area contributed by atoms with Gasteiger partial charge in [-0.2, -0.15) is 9.78 Å². The van der Waals surface area contributed by atoms with Crippen LogP contribution in [0.4, 0.5) is 0 Å². The average molecular weight is 336 g/mol. The molecule has 5 rings (SSSR count). The van der Waals surface area contributed by atoms with Gasteiger partial charge in [0.05, 0.1) is 6.26 Å². The van der Waals surface area contributed by atoms with Gasteiger partial charge >= 0.3 is 0 Å². The number of hydrogen-bond donors (Lipinski definition) is 0. The van der Waals surface area contributed by atoms with Crippen molar-refractivity contribution >= 4 is 32.3 Å². The highest BCUT2D eigenvalue weighted by atomic mass is 32.1. The van der Waals surface area contributed by atoms with E-state index in [1.807, 2.05) is 6.07 Å². The van der Waals surface area contributed by atoms with E-state index in [0.29, 0.717) is 26.7 Å². The minimum atomic E-state index is -0.510. The number of nitriles is 1. The molecule has 0 spiro atoms. The number of thiazole rings is 1. The Kier molecular flexibility index (Phi) is 2.37. The molecule has 11 heteroatoms. The number of nitrogens with zero attached hydrogens (tertiary/aromatic N) is 8. The summed E-state index contributed by atoms with van der Waals surface area (Å²) >= 11 is 1.22. The minimum absolute atomic E-state index is 0.108. The highest BCUT2D eigenvalue weighted by Gasteiger charge is 2.21. The van der Waals surface area contributed by atoms with Crippen molar-refractivity contribution in [2.24, 2.45) is 0 Å². The maximum absolute atomic E-state index is 12.8. The molecule has 5 aromatic rings. The molecule has 0 aliphatic heterocycles. The van der Waals surface area contributed by atoms with Crippen LogP contribution in [0.3, 0.4) is 0 Å². The third kappa shape index (κ3) is 1.52. The lowest BCUT2D eigenvalue weighted by Gasteiger charge is -2.00. The molecule has 114 valence electrons. The molecule has 0 saturated heterocycles. The number of fused-ring (bicyclic) bond motifs is 5. The summed E-state index contributed by atoms with van der Waals surface area (Å²) in [6.07, 6.45) is 2.86. The molecule has 10 nitrogen and oxygen atoms in total. The summed E-state index contributed by atoms with van der Waals surface area (Å²) in [5.41, 5.74) is 0.410.